The van der Waals surface area contributed by atoms with Crippen LogP contribution in [-0.2, 0) is 7.05 Å². The van der Waals surface area contributed by atoms with Crippen LogP contribution in [0.3, 0.4) is 0 Å². The molecule has 4 nitrogen and oxygen atoms in total. The van der Waals surface area contributed by atoms with Gasteiger partial charge in [0.1, 0.15) is 10.5 Å². The van der Waals surface area contributed by atoms with Gasteiger partial charge in [-0.15, -0.1) is 0 Å². The second-order valence-electron chi connectivity index (χ2n) is 3.12. The van der Waals surface area contributed by atoms with Crippen LogP contribution >= 0.6 is 12.2 Å². The fourth-order valence-corrected chi connectivity index (χ4v) is 1.55. The topological polar surface area (TPSA) is 46.5 Å². The summed E-state index contributed by atoms with van der Waals surface area (Å²) in [7, 11) is 1.88. The molecule has 14 heavy (non-hydrogen) atoms. The lowest BCUT2D eigenvalue weighted by Gasteiger charge is -1.99. The first-order chi connectivity index (χ1) is 6.65. The predicted octanol–water partition coefficient (Wildman–Crippen LogP) is 1.85. The lowest BCUT2D eigenvalue weighted by Crippen LogP contribution is -1.90. The number of aryl methyl sites for hydroxylation is 2. The smallest absolute Gasteiger partial charge is 0.130 e. The minimum Gasteiger partial charge on any atom is -0.343 e. The van der Waals surface area contributed by atoms with E-state index in [1.165, 1.54) is 0 Å². The second-order valence-corrected chi connectivity index (χ2v) is 3.54. The zero-order valence-electron chi connectivity index (χ0n) is 7.98. The monoisotopic (exact) mass is 206 g/mol. The Labute approximate surface area is 86.6 Å². The Morgan fingerprint density at radius 2 is 2.29 bits per heavy atom. The Morgan fingerprint density at radius 1 is 1.50 bits per heavy atom. The molecule has 0 unspecified atom stereocenters. The molecule has 2 aromatic heterocycles. The zero-order valence-corrected chi connectivity index (χ0v) is 8.80. The zero-order chi connectivity index (χ0) is 10.1. The predicted molar refractivity (Wildman–Crippen MR) is 56.4 cm³/mol. The van der Waals surface area contributed by atoms with Crippen molar-refractivity contribution in [1.29, 1.82) is 0 Å². The molecule has 2 rings (SSSR count). The molecular weight excluding hydrogens is 196 g/mol. The van der Waals surface area contributed by atoms with E-state index in [0.717, 1.165) is 17.1 Å². The van der Waals surface area contributed by atoms with Crippen LogP contribution in [0.25, 0.3) is 11.3 Å². The molecule has 0 bridgehead atoms. The minimum absolute atomic E-state index is 0.597. The SMILES string of the molecule is Cc1nc(=S)cc(-c2cnn(C)c2)[nH]1. The number of aromatic nitrogens is 4. The Morgan fingerprint density at radius 3 is 2.86 bits per heavy atom. The van der Waals surface area contributed by atoms with Gasteiger partial charge >= 0.3 is 0 Å². The van der Waals surface area contributed by atoms with E-state index in [-0.39, 0.29) is 0 Å². The Bertz CT molecular complexity index is 512. The van der Waals surface area contributed by atoms with Crippen molar-refractivity contribution < 1.29 is 0 Å². The van der Waals surface area contributed by atoms with Gasteiger partial charge in [-0.3, -0.25) is 4.68 Å². The average Bonchev–Trinajstić information content (AvgIpc) is 2.50. The molecule has 0 fully saturated rings. The number of hydrogen-bond donors (Lipinski definition) is 1. The molecule has 0 aromatic carbocycles. The second kappa shape index (κ2) is 3.34. The number of hydrogen-bond acceptors (Lipinski definition) is 3. The van der Waals surface area contributed by atoms with Crippen LogP contribution < -0.4 is 0 Å². The fraction of sp³-hybridized carbons (Fsp3) is 0.222. The van der Waals surface area contributed by atoms with Gasteiger partial charge in [-0.2, -0.15) is 5.10 Å². The van der Waals surface area contributed by atoms with Crippen LogP contribution in [0.4, 0.5) is 0 Å². The Kier molecular flexibility index (Phi) is 2.17. The summed E-state index contributed by atoms with van der Waals surface area (Å²) in [5, 5.41) is 4.09. The number of H-pyrrole nitrogens is 1. The first-order valence-corrected chi connectivity index (χ1v) is 4.63. The highest BCUT2D eigenvalue weighted by Gasteiger charge is 2.01. The van der Waals surface area contributed by atoms with Crippen LogP contribution in [-0.4, -0.2) is 19.7 Å². The number of aromatic amines is 1. The third kappa shape index (κ3) is 1.72. The summed E-state index contributed by atoms with van der Waals surface area (Å²) in [6.07, 6.45) is 3.72. The summed E-state index contributed by atoms with van der Waals surface area (Å²) < 4.78 is 2.35. The van der Waals surface area contributed by atoms with E-state index in [0.29, 0.717) is 4.64 Å². The van der Waals surface area contributed by atoms with E-state index in [9.17, 15) is 0 Å². The molecule has 1 N–H and O–H groups in total. The largest absolute Gasteiger partial charge is 0.343 e. The van der Waals surface area contributed by atoms with Crippen molar-refractivity contribution in [3.05, 3.63) is 28.9 Å². The first kappa shape index (κ1) is 9.08. The molecule has 0 spiro atoms. The van der Waals surface area contributed by atoms with Gasteiger partial charge in [-0.25, -0.2) is 4.98 Å². The third-order valence-electron chi connectivity index (χ3n) is 1.88. The van der Waals surface area contributed by atoms with Crippen molar-refractivity contribution in [2.45, 2.75) is 6.92 Å². The van der Waals surface area contributed by atoms with Crippen molar-refractivity contribution >= 4 is 12.2 Å². The average molecular weight is 206 g/mol. The molecule has 0 saturated carbocycles. The summed E-state index contributed by atoms with van der Waals surface area (Å²) in [5.74, 6) is 0.816. The highest BCUT2D eigenvalue weighted by molar-refractivity contribution is 7.71. The third-order valence-corrected chi connectivity index (χ3v) is 2.09. The number of nitrogens with one attached hydrogen (secondary N) is 1. The van der Waals surface area contributed by atoms with Gasteiger partial charge in [0.25, 0.3) is 0 Å². The van der Waals surface area contributed by atoms with Gasteiger partial charge in [0.15, 0.2) is 0 Å². The van der Waals surface area contributed by atoms with E-state index < -0.39 is 0 Å². The molecule has 0 aliphatic heterocycles. The van der Waals surface area contributed by atoms with E-state index in [1.54, 1.807) is 10.9 Å². The highest BCUT2D eigenvalue weighted by atomic mass is 32.1. The highest BCUT2D eigenvalue weighted by Crippen LogP contribution is 2.14. The molecule has 2 aromatic rings. The summed E-state index contributed by atoms with van der Waals surface area (Å²) in [5.41, 5.74) is 1.97. The number of rotatable bonds is 1. The van der Waals surface area contributed by atoms with Crippen molar-refractivity contribution in [3.8, 4) is 11.3 Å². The maximum atomic E-state index is 5.04. The van der Waals surface area contributed by atoms with Crippen molar-refractivity contribution in [2.24, 2.45) is 7.05 Å². The van der Waals surface area contributed by atoms with Gasteiger partial charge in [-0.05, 0) is 13.0 Å². The molecule has 2 heterocycles. The van der Waals surface area contributed by atoms with Gasteiger partial charge in [0.2, 0.25) is 0 Å². The van der Waals surface area contributed by atoms with Gasteiger partial charge in [-0.1, -0.05) is 12.2 Å². The molecular formula is C9H10N4S. The lowest BCUT2D eigenvalue weighted by atomic mass is 10.2. The van der Waals surface area contributed by atoms with Crippen LogP contribution in [0.1, 0.15) is 5.82 Å². The molecule has 0 aliphatic carbocycles. The van der Waals surface area contributed by atoms with Gasteiger partial charge in [0.05, 0.1) is 11.9 Å². The summed E-state index contributed by atoms with van der Waals surface area (Å²) in [6.45, 7) is 1.88. The molecule has 0 radical (unpaired) electrons. The first-order valence-electron chi connectivity index (χ1n) is 4.22. The normalized spacial score (nSPS) is 10.4. The van der Waals surface area contributed by atoms with Crippen LogP contribution in [0.15, 0.2) is 18.5 Å². The Balaban J connectivity index is 2.56. The van der Waals surface area contributed by atoms with Crippen LogP contribution in [0.2, 0.25) is 0 Å². The van der Waals surface area contributed by atoms with E-state index in [1.807, 2.05) is 26.2 Å². The summed E-state index contributed by atoms with van der Waals surface area (Å²) in [4.78, 5) is 7.25. The molecule has 72 valence electrons. The van der Waals surface area contributed by atoms with E-state index in [4.69, 9.17) is 12.2 Å². The number of nitrogens with zero attached hydrogens (tertiary/aromatic N) is 3. The lowest BCUT2D eigenvalue weighted by molar-refractivity contribution is 0.768. The van der Waals surface area contributed by atoms with E-state index >= 15 is 0 Å². The van der Waals surface area contributed by atoms with Crippen molar-refractivity contribution in [1.82, 2.24) is 19.7 Å². The molecule has 0 atom stereocenters. The van der Waals surface area contributed by atoms with Crippen molar-refractivity contribution in [3.63, 3.8) is 0 Å². The molecule has 0 aliphatic rings. The summed E-state index contributed by atoms with van der Waals surface area (Å²) in [6, 6.07) is 1.83. The fourth-order valence-electron chi connectivity index (χ4n) is 1.30. The Hall–Kier alpha value is -1.49. The van der Waals surface area contributed by atoms with Crippen LogP contribution in [0.5, 0.6) is 0 Å². The van der Waals surface area contributed by atoms with E-state index in [2.05, 4.69) is 15.1 Å². The maximum Gasteiger partial charge on any atom is 0.130 e. The summed E-state index contributed by atoms with van der Waals surface area (Å²) >= 11 is 5.04. The van der Waals surface area contributed by atoms with Crippen molar-refractivity contribution in [2.75, 3.05) is 0 Å². The van der Waals surface area contributed by atoms with Gasteiger partial charge in [0, 0.05) is 18.8 Å². The minimum atomic E-state index is 0.597. The molecule has 0 saturated heterocycles. The molecule has 5 heteroatoms. The quantitative estimate of drug-likeness (QED) is 0.724. The van der Waals surface area contributed by atoms with Gasteiger partial charge < -0.3 is 4.98 Å². The maximum absolute atomic E-state index is 5.04. The standard InChI is InChI=1S/C9H10N4S/c1-6-11-8(3-9(14)12-6)7-4-10-13(2)5-7/h3-5H,1-2H3,(H,11,12,14). The van der Waals surface area contributed by atoms with Crippen LogP contribution in [0, 0.1) is 11.6 Å². The molecule has 0 amide bonds.